The number of morpholine rings is 1. The first-order valence-corrected chi connectivity index (χ1v) is 9.82. The summed E-state index contributed by atoms with van der Waals surface area (Å²) in [6.45, 7) is 5.59. The van der Waals surface area contributed by atoms with Gasteiger partial charge in [-0.1, -0.05) is 42.5 Å². The Kier molecular flexibility index (Phi) is 5.95. The first kappa shape index (κ1) is 18.6. The molecule has 5 heteroatoms. The predicted octanol–water partition coefficient (Wildman–Crippen LogP) is 4.14. The molecule has 28 heavy (non-hydrogen) atoms. The number of pyridine rings is 2. The molecule has 3 heterocycles. The number of hydrogen-bond donors (Lipinski definition) is 1. The Hall–Kier alpha value is -2.76. The van der Waals surface area contributed by atoms with Crippen LogP contribution >= 0.6 is 0 Å². The summed E-state index contributed by atoms with van der Waals surface area (Å²) in [4.78, 5) is 11.7. The number of nitrogens with one attached hydrogen (secondary N) is 1. The lowest BCUT2D eigenvalue weighted by molar-refractivity contribution is -0.0315. The second-order valence-corrected chi connectivity index (χ2v) is 7.13. The van der Waals surface area contributed by atoms with Crippen LogP contribution in [-0.4, -0.2) is 41.1 Å². The number of nitrogens with zero attached hydrogens (tertiary/aromatic N) is 3. The highest BCUT2D eigenvalue weighted by molar-refractivity contribution is 5.51. The van der Waals surface area contributed by atoms with E-state index in [4.69, 9.17) is 9.72 Å². The van der Waals surface area contributed by atoms with Crippen molar-refractivity contribution in [2.45, 2.75) is 19.4 Å². The first-order valence-electron chi connectivity index (χ1n) is 9.82. The average molecular weight is 374 g/mol. The third-order valence-corrected chi connectivity index (χ3v) is 4.96. The minimum absolute atomic E-state index is 0.00302. The van der Waals surface area contributed by atoms with Crippen molar-refractivity contribution in [3.63, 3.8) is 0 Å². The number of anilines is 2. The van der Waals surface area contributed by atoms with Crippen LogP contribution in [0.15, 0.2) is 66.7 Å². The van der Waals surface area contributed by atoms with Gasteiger partial charge >= 0.3 is 0 Å². The van der Waals surface area contributed by atoms with Gasteiger partial charge in [0.05, 0.1) is 12.3 Å². The van der Waals surface area contributed by atoms with Crippen molar-refractivity contribution < 1.29 is 4.74 Å². The summed E-state index contributed by atoms with van der Waals surface area (Å²) in [6.07, 6.45) is 1.05. The molecule has 1 aliphatic heterocycles. The van der Waals surface area contributed by atoms with Gasteiger partial charge in [0.25, 0.3) is 0 Å². The molecule has 1 aromatic carbocycles. The van der Waals surface area contributed by atoms with Gasteiger partial charge in [0, 0.05) is 25.3 Å². The van der Waals surface area contributed by atoms with Crippen molar-refractivity contribution in [2.24, 2.45) is 0 Å². The van der Waals surface area contributed by atoms with Crippen molar-refractivity contribution in [1.82, 2.24) is 14.9 Å². The van der Waals surface area contributed by atoms with E-state index in [2.05, 4.69) is 45.5 Å². The van der Waals surface area contributed by atoms with Crippen LogP contribution in [0.1, 0.15) is 23.1 Å². The maximum absolute atomic E-state index is 6.02. The van der Waals surface area contributed by atoms with Crippen molar-refractivity contribution in [3.05, 3.63) is 83.7 Å². The quantitative estimate of drug-likeness (QED) is 0.703. The topological polar surface area (TPSA) is 50.3 Å². The molecule has 5 nitrogen and oxygen atoms in total. The number of aryl methyl sites for hydroxylation is 1. The Morgan fingerprint density at radius 2 is 1.75 bits per heavy atom. The van der Waals surface area contributed by atoms with E-state index in [-0.39, 0.29) is 6.10 Å². The second kappa shape index (κ2) is 8.95. The fourth-order valence-corrected chi connectivity index (χ4v) is 3.46. The van der Waals surface area contributed by atoms with Crippen LogP contribution < -0.4 is 5.32 Å². The van der Waals surface area contributed by atoms with Crippen LogP contribution in [0.3, 0.4) is 0 Å². The molecule has 0 aliphatic carbocycles. The Morgan fingerprint density at radius 1 is 0.964 bits per heavy atom. The molecule has 0 unspecified atom stereocenters. The molecule has 0 amide bonds. The zero-order valence-electron chi connectivity index (χ0n) is 16.2. The third kappa shape index (κ3) is 4.94. The van der Waals surface area contributed by atoms with Crippen LogP contribution in [-0.2, 0) is 11.2 Å². The fourth-order valence-electron chi connectivity index (χ4n) is 3.46. The second-order valence-electron chi connectivity index (χ2n) is 7.13. The number of ether oxygens (including phenoxy) is 1. The first-order chi connectivity index (χ1) is 13.8. The predicted molar refractivity (Wildman–Crippen MR) is 112 cm³/mol. The van der Waals surface area contributed by atoms with E-state index >= 15 is 0 Å². The molecule has 4 rings (SSSR count). The number of rotatable bonds is 6. The Balaban J connectivity index is 1.39. The van der Waals surface area contributed by atoms with Crippen LogP contribution in [0.25, 0.3) is 0 Å². The van der Waals surface area contributed by atoms with Crippen LogP contribution in [0.4, 0.5) is 11.6 Å². The highest BCUT2D eigenvalue weighted by atomic mass is 16.5. The van der Waals surface area contributed by atoms with Gasteiger partial charge in [0.1, 0.15) is 17.7 Å². The summed E-state index contributed by atoms with van der Waals surface area (Å²) >= 11 is 0. The molecule has 3 aromatic rings. The summed E-state index contributed by atoms with van der Waals surface area (Å²) in [5, 5.41) is 3.29. The van der Waals surface area contributed by atoms with Gasteiger partial charge in [-0.15, -0.1) is 0 Å². The third-order valence-electron chi connectivity index (χ3n) is 4.96. The van der Waals surface area contributed by atoms with Gasteiger partial charge in [-0.05, 0) is 43.2 Å². The van der Waals surface area contributed by atoms with Gasteiger partial charge in [-0.25, -0.2) is 9.97 Å². The van der Waals surface area contributed by atoms with Gasteiger partial charge < -0.3 is 10.1 Å². The van der Waals surface area contributed by atoms with E-state index in [9.17, 15) is 0 Å². The number of hydrogen-bond acceptors (Lipinski definition) is 5. The molecule has 0 saturated carbocycles. The zero-order chi connectivity index (χ0) is 19.2. The molecule has 0 bridgehead atoms. The molecule has 1 fully saturated rings. The molecule has 1 atom stereocenters. The minimum atomic E-state index is -0.00302. The van der Waals surface area contributed by atoms with Crippen molar-refractivity contribution >= 4 is 11.6 Å². The normalized spacial score (nSPS) is 17.4. The van der Waals surface area contributed by atoms with E-state index in [1.807, 2.05) is 43.3 Å². The lowest BCUT2D eigenvalue weighted by Gasteiger charge is -2.32. The van der Waals surface area contributed by atoms with E-state index in [1.54, 1.807) is 0 Å². The van der Waals surface area contributed by atoms with Crippen LogP contribution in [0, 0.1) is 6.92 Å². The molecule has 1 N–H and O–H groups in total. The molecule has 1 saturated heterocycles. The maximum atomic E-state index is 6.02. The molecular weight excluding hydrogens is 348 g/mol. The SMILES string of the molecule is Cc1cccc(Nc2cccc([C@H]3CN(CCc4ccccc4)CCO3)n2)n1. The highest BCUT2D eigenvalue weighted by Crippen LogP contribution is 2.23. The molecule has 0 spiro atoms. The van der Waals surface area contributed by atoms with Gasteiger partial charge in [-0.3, -0.25) is 4.90 Å². The zero-order valence-corrected chi connectivity index (χ0v) is 16.2. The molecule has 0 radical (unpaired) electrons. The van der Waals surface area contributed by atoms with E-state index in [0.717, 1.165) is 55.7 Å². The van der Waals surface area contributed by atoms with Crippen LogP contribution in [0.2, 0.25) is 0 Å². The lowest BCUT2D eigenvalue weighted by Crippen LogP contribution is -2.39. The van der Waals surface area contributed by atoms with E-state index in [0.29, 0.717) is 0 Å². The van der Waals surface area contributed by atoms with Crippen molar-refractivity contribution in [1.29, 1.82) is 0 Å². The lowest BCUT2D eigenvalue weighted by atomic mass is 10.1. The summed E-state index contributed by atoms with van der Waals surface area (Å²) in [7, 11) is 0. The smallest absolute Gasteiger partial charge is 0.131 e. The minimum Gasteiger partial charge on any atom is -0.369 e. The fraction of sp³-hybridized carbons (Fsp3) is 0.304. The molecule has 144 valence electrons. The largest absolute Gasteiger partial charge is 0.369 e. The van der Waals surface area contributed by atoms with E-state index < -0.39 is 0 Å². The Bertz CT molecular complexity index is 900. The summed E-state index contributed by atoms with van der Waals surface area (Å²) < 4.78 is 6.02. The average Bonchev–Trinajstić information content (AvgIpc) is 2.73. The van der Waals surface area contributed by atoms with E-state index in [1.165, 1.54) is 5.56 Å². The van der Waals surface area contributed by atoms with Crippen LogP contribution in [0.5, 0.6) is 0 Å². The monoisotopic (exact) mass is 374 g/mol. The molecular formula is C23H26N4O. The summed E-state index contributed by atoms with van der Waals surface area (Å²) in [6, 6.07) is 22.6. The summed E-state index contributed by atoms with van der Waals surface area (Å²) in [5.41, 5.74) is 3.31. The molecule has 2 aromatic heterocycles. The molecule has 1 aliphatic rings. The Morgan fingerprint density at radius 3 is 2.57 bits per heavy atom. The highest BCUT2D eigenvalue weighted by Gasteiger charge is 2.23. The maximum Gasteiger partial charge on any atom is 0.131 e. The number of benzene rings is 1. The van der Waals surface area contributed by atoms with Gasteiger partial charge in [0.15, 0.2) is 0 Å². The Labute approximate surface area is 166 Å². The van der Waals surface area contributed by atoms with Gasteiger partial charge in [-0.2, -0.15) is 0 Å². The van der Waals surface area contributed by atoms with Gasteiger partial charge in [0.2, 0.25) is 0 Å². The standard InChI is InChI=1S/C23H26N4O/c1-18-7-5-11-22(24-18)26-23-12-6-10-20(25-23)21-17-27(15-16-28-21)14-13-19-8-3-2-4-9-19/h2-12,21H,13-17H2,1H3,(H,24,25,26)/t21-/m1/s1. The van der Waals surface area contributed by atoms with Crippen molar-refractivity contribution in [2.75, 3.05) is 31.6 Å². The number of aromatic nitrogens is 2. The van der Waals surface area contributed by atoms with Crippen molar-refractivity contribution in [3.8, 4) is 0 Å². The summed E-state index contributed by atoms with van der Waals surface area (Å²) in [5.74, 6) is 1.60.